The standard InChI is InChI=1S/C14H27N5/c1-6-7-12-16-13(18-15)9-14(17-12)19(5)11(4)8-10(2)3/h9-11H,6-8,15H2,1-5H3,(H,16,17,18). The molecule has 0 radical (unpaired) electrons. The highest BCUT2D eigenvalue weighted by Crippen LogP contribution is 2.20. The monoisotopic (exact) mass is 265 g/mol. The van der Waals surface area contributed by atoms with Crippen LogP contribution in [0, 0.1) is 5.92 Å². The van der Waals surface area contributed by atoms with Crippen molar-refractivity contribution in [2.75, 3.05) is 17.4 Å². The Morgan fingerprint density at radius 2 is 2.00 bits per heavy atom. The molecule has 0 aliphatic heterocycles. The van der Waals surface area contributed by atoms with Gasteiger partial charge in [-0.1, -0.05) is 20.8 Å². The van der Waals surface area contributed by atoms with Crippen molar-refractivity contribution in [1.29, 1.82) is 0 Å². The minimum Gasteiger partial charge on any atom is -0.357 e. The molecule has 5 heteroatoms. The second-order valence-corrected chi connectivity index (χ2v) is 5.51. The molecule has 0 amide bonds. The van der Waals surface area contributed by atoms with Crippen molar-refractivity contribution >= 4 is 11.6 Å². The smallest absolute Gasteiger partial charge is 0.145 e. The maximum absolute atomic E-state index is 5.48. The SMILES string of the molecule is CCCc1nc(NN)cc(N(C)C(C)CC(C)C)n1. The lowest BCUT2D eigenvalue weighted by Gasteiger charge is -2.27. The summed E-state index contributed by atoms with van der Waals surface area (Å²) < 4.78 is 0. The van der Waals surface area contributed by atoms with Crippen LogP contribution in [-0.4, -0.2) is 23.1 Å². The average molecular weight is 265 g/mol. The Morgan fingerprint density at radius 1 is 1.32 bits per heavy atom. The van der Waals surface area contributed by atoms with Gasteiger partial charge in [0.1, 0.15) is 17.5 Å². The first-order valence-corrected chi connectivity index (χ1v) is 7.05. The lowest BCUT2D eigenvalue weighted by Crippen LogP contribution is -2.31. The van der Waals surface area contributed by atoms with E-state index in [-0.39, 0.29) is 0 Å². The molecule has 0 saturated heterocycles. The van der Waals surface area contributed by atoms with Crippen LogP contribution < -0.4 is 16.2 Å². The molecular formula is C14H27N5. The predicted molar refractivity (Wildman–Crippen MR) is 81.2 cm³/mol. The van der Waals surface area contributed by atoms with Crippen LogP contribution in [0.2, 0.25) is 0 Å². The van der Waals surface area contributed by atoms with Crippen molar-refractivity contribution in [3.8, 4) is 0 Å². The van der Waals surface area contributed by atoms with Gasteiger partial charge in [-0.2, -0.15) is 0 Å². The van der Waals surface area contributed by atoms with Gasteiger partial charge in [0.25, 0.3) is 0 Å². The van der Waals surface area contributed by atoms with Crippen molar-refractivity contribution in [3.05, 3.63) is 11.9 Å². The third-order valence-electron chi connectivity index (χ3n) is 3.22. The van der Waals surface area contributed by atoms with Gasteiger partial charge < -0.3 is 10.3 Å². The minimum atomic E-state index is 0.440. The number of aryl methyl sites for hydroxylation is 1. The summed E-state index contributed by atoms with van der Waals surface area (Å²) >= 11 is 0. The van der Waals surface area contributed by atoms with E-state index < -0.39 is 0 Å². The molecule has 1 aromatic rings. The largest absolute Gasteiger partial charge is 0.357 e. The first-order chi connectivity index (χ1) is 8.97. The summed E-state index contributed by atoms with van der Waals surface area (Å²) in [7, 11) is 2.07. The number of nitrogens with two attached hydrogens (primary N) is 1. The van der Waals surface area contributed by atoms with E-state index in [1.807, 2.05) is 6.07 Å². The summed E-state index contributed by atoms with van der Waals surface area (Å²) in [6, 6.07) is 2.34. The number of rotatable bonds is 7. The number of nitrogens with one attached hydrogen (secondary N) is 1. The summed E-state index contributed by atoms with van der Waals surface area (Å²) in [5.41, 5.74) is 2.62. The molecule has 1 aromatic heterocycles. The van der Waals surface area contributed by atoms with Crippen LogP contribution in [-0.2, 0) is 6.42 Å². The van der Waals surface area contributed by atoms with Gasteiger partial charge in [0.15, 0.2) is 0 Å². The van der Waals surface area contributed by atoms with Crippen molar-refractivity contribution in [1.82, 2.24) is 9.97 Å². The molecule has 5 nitrogen and oxygen atoms in total. The van der Waals surface area contributed by atoms with Crippen LogP contribution in [0.15, 0.2) is 6.07 Å². The number of nitrogens with zero attached hydrogens (tertiary/aromatic N) is 3. The number of nitrogen functional groups attached to an aromatic ring is 1. The molecule has 3 N–H and O–H groups in total. The van der Waals surface area contributed by atoms with E-state index in [0.29, 0.717) is 17.8 Å². The molecule has 19 heavy (non-hydrogen) atoms. The molecule has 1 heterocycles. The summed E-state index contributed by atoms with van der Waals surface area (Å²) in [6.45, 7) is 8.81. The molecular weight excluding hydrogens is 238 g/mol. The van der Waals surface area contributed by atoms with E-state index >= 15 is 0 Å². The maximum Gasteiger partial charge on any atom is 0.145 e. The molecule has 0 aliphatic rings. The Balaban J connectivity index is 2.94. The molecule has 0 saturated carbocycles. The van der Waals surface area contributed by atoms with E-state index in [1.54, 1.807) is 0 Å². The molecule has 0 aliphatic carbocycles. The average Bonchev–Trinajstić information content (AvgIpc) is 2.37. The molecule has 0 fully saturated rings. The summed E-state index contributed by atoms with van der Waals surface area (Å²) in [5, 5.41) is 0. The zero-order valence-electron chi connectivity index (χ0n) is 12.8. The van der Waals surface area contributed by atoms with Crippen LogP contribution in [0.3, 0.4) is 0 Å². The highest BCUT2D eigenvalue weighted by Gasteiger charge is 2.14. The third kappa shape index (κ3) is 4.67. The minimum absolute atomic E-state index is 0.440. The molecule has 1 unspecified atom stereocenters. The maximum atomic E-state index is 5.48. The number of aromatic nitrogens is 2. The number of anilines is 2. The lowest BCUT2D eigenvalue weighted by atomic mass is 10.0. The Morgan fingerprint density at radius 3 is 2.53 bits per heavy atom. The van der Waals surface area contributed by atoms with Crippen LogP contribution in [0.5, 0.6) is 0 Å². The van der Waals surface area contributed by atoms with Gasteiger partial charge in [-0.15, -0.1) is 0 Å². The lowest BCUT2D eigenvalue weighted by molar-refractivity contribution is 0.501. The molecule has 0 spiro atoms. The Bertz CT molecular complexity index is 391. The first-order valence-electron chi connectivity index (χ1n) is 7.05. The van der Waals surface area contributed by atoms with Crippen molar-refractivity contribution in [2.45, 2.75) is 53.0 Å². The van der Waals surface area contributed by atoms with Crippen molar-refractivity contribution in [3.63, 3.8) is 0 Å². The number of hydrogen-bond acceptors (Lipinski definition) is 5. The van der Waals surface area contributed by atoms with Gasteiger partial charge >= 0.3 is 0 Å². The van der Waals surface area contributed by atoms with Crippen molar-refractivity contribution < 1.29 is 0 Å². The quantitative estimate of drug-likeness (QED) is 0.586. The zero-order chi connectivity index (χ0) is 14.4. The van der Waals surface area contributed by atoms with Crippen LogP contribution in [0.25, 0.3) is 0 Å². The second-order valence-electron chi connectivity index (χ2n) is 5.51. The van der Waals surface area contributed by atoms with Gasteiger partial charge in [0, 0.05) is 25.6 Å². The van der Waals surface area contributed by atoms with Crippen molar-refractivity contribution in [2.24, 2.45) is 11.8 Å². The van der Waals surface area contributed by atoms with E-state index in [2.05, 4.69) is 55.0 Å². The number of hydrogen-bond donors (Lipinski definition) is 2. The predicted octanol–water partition coefficient (Wildman–Crippen LogP) is 2.59. The van der Waals surface area contributed by atoms with E-state index in [9.17, 15) is 0 Å². The fraction of sp³-hybridized carbons (Fsp3) is 0.714. The van der Waals surface area contributed by atoms with E-state index in [4.69, 9.17) is 5.84 Å². The first kappa shape index (κ1) is 15.7. The Hall–Kier alpha value is -1.36. The van der Waals surface area contributed by atoms with E-state index in [1.165, 1.54) is 0 Å². The van der Waals surface area contributed by atoms with Gasteiger partial charge in [0.2, 0.25) is 0 Å². The normalized spacial score (nSPS) is 12.6. The Labute approximate surface area is 116 Å². The summed E-state index contributed by atoms with van der Waals surface area (Å²) in [6.07, 6.45) is 3.03. The molecule has 108 valence electrons. The number of hydrazine groups is 1. The highest BCUT2D eigenvalue weighted by molar-refractivity contribution is 5.49. The fourth-order valence-corrected chi connectivity index (χ4v) is 2.14. The van der Waals surface area contributed by atoms with Crippen LogP contribution in [0.4, 0.5) is 11.6 Å². The molecule has 1 rings (SSSR count). The topological polar surface area (TPSA) is 67.1 Å². The van der Waals surface area contributed by atoms with Gasteiger partial charge in [0.05, 0.1) is 0 Å². The highest BCUT2D eigenvalue weighted by atomic mass is 15.3. The van der Waals surface area contributed by atoms with Gasteiger partial charge in [-0.25, -0.2) is 15.8 Å². The summed E-state index contributed by atoms with van der Waals surface area (Å²) in [5.74, 6) is 8.60. The van der Waals surface area contributed by atoms with E-state index in [0.717, 1.165) is 30.9 Å². The molecule has 1 atom stereocenters. The molecule has 0 aromatic carbocycles. The second kappa shape index (κ2) is 7.28. The Kier molecular flexibility index (Phi) is 6.02. The molecule has 0 bridgehead atoms. The van der Waals surface area contributed by atoms with Crippen LogP contribution >= 0.6 is 0 Å². The van der Waals surface area contributed by atoms with Gasteiger partial charge in [-0.3, -0.25) is 0 Å². The third-order valence-corrected chi connectivity index (χ3v) is 3.22. The van der Waals surface area contributed by atoms with Gasteiger partial charge in [-0.05, 0) is 25.7 Å². The van der Waals surface area contributed by atoms with Crippen LogP contribution in [0.1, 0.15) is 46.4 Å². The fourth-order valence-electron chi connectivity index (χ4n) is 2.14. The zero-order valence-corrected chi connectivity index (χ0v) is 12.8. The summed E-state index contributed by atoms with van der Waals surface area (Å²) in [4.78, 5) is 11.2.